The fraction of sp³-hybridized carbons (Fsp3) is 0.0870. The maximum absolute atomic E-state index is 7.02. The normalized spacial score (nSPS) is 11.8. The van der Waals surface area contributed by atoms with Gasteiger partial charge in [-0.15, -0.1) is 0 Å². The van der Waals surface area contributed by atoms with Crippen LogP contribution < -0.4 is 9.47 Å². The minimum atomic E-state index is -0.687. The van der Waals surface area contributed by atoms with Gasteiger partial charge in [-0.1, -0.05) is 170 Å². The summed E-state index contributed by atoms with van der Waals surface area (Å²) in [5, 5.41) is 7.59. The van der Waals surface area contributed by atoms with Crippen LogP contribution in [0.25, 0.3) is 99.5 Å². The summed E-state index contributed by atoms with van der Waals surface area (Å²) in [4.78, 5) is 14.0. The minimum Gasteiger partial charge on any atom is -0.483 e. The Bertz CT molecular complexity index is 3830. The molecule has 3 heterocycles. The molecule has 0 saturated heterocycles. The third-order valence-corrected chi connectivity index (χ3v) is 14.3. The molecule has 12 aromatic rings. The standard InChI is InChI=1S/C69H53N3O2/c1-68(2,53-32-27-47(28-33-53)65-21-11-13-38-70-65)73-55-41-52(42-56(45-55)74-69(3,4)54-34-29-48(30-35-54)66-22-12-14-39-71-66)58-16-6-5-15-57(58)46-23-25-49(26-24-46)67-44-51(37-40-72-67)50-31-36-63-61-19-8-7-17-59(61)60-18-9-10-20-62(60)64(63)43-50/h5-45H,1-4H3. The van der Waals surface area contributed by atoms with E-state index in [0.717, 1.165) is 78.3 Å². The Morgan fingerprint density at radius 1 is 0.270 bits per heavy atom. The van der Waals surface area contributed by atoms with Crippen molar-refractivity contribution >= 4 is 32.3 Å². The summed E-state index contributed by atoms with van der Waals surface area (Å²) < 4.78 is 14.0. The van der Waals surface area contributed by atoms with Crippen molar-refractivity contribution in [3.8, 4) is 78.7 Å². The number of fused-ring (bicyclic) bond motifs is 6. The molecular formula is C69H53N3O2. The molecule has 74 heavy (non-hydrogen) atoms. The first-order valence-electron chi connectivity index (χ1n) is 25.2. The first-order valence-corrected chi connectivity index (χ1v) is 25.2. The Hall–Kier alpha value is -9.19. The summed E-state index contributed by atoms with van der Waals surface area (Å²) in [6.45, 7) is 8.42. The van der Waals surface area contributed by atoms with Crippen molar-refractivity contribution in [1.82, 2.24) is 15.0 Å². The molecule has 356 valence electrons. The predicted molar refractivity (Wildman–Crippen MR) is 305 cm³/mol. The highest BCUT2D eigenvalue weighted by Gasteiger charge is 2.27. The predicted octanol–water partition coefficient (Wildman–Crippen LogP) is 18.0. The van der Waals surface area contributed by atoms with Crippen LogP contribution in [0.3, 0.4) is 0 Å². The molecule has 0 amide bonds. The highest BCUT2D eigenvalue weighted by atomic mass is 16.5. The molecule has 5 nitrogen and oxygen atoms in total. The van der Waals surface area contributed by atoms with Crippen molar-refractivity contribution in [3.05, 3.63) is 260 Å². The molecule has 0 saturated carbocycles. The van der Waals surface area contributed by atoms with Gasteiger partial charge < -0.3 is 9.47 Å². The summed E-state index contributed by atoms with van der Waals surface area (Å²) in [6.07, 6.45) is 5.56. The zero-order valence-electron chi connectivity index (χ0n) is 41.8. The van der Waals surface area contributed by atoms with Gasteiger partial charge in [-0.2, -0.15) is 0 Å². The number of hydrogen-bond acceptors (Lipinski definition) is 5. The van der Waals surface area contributed by atoms with Gasteiger partial charge in [-0.25, -0.2) is 0 Å². The van der Waals surface area contributed by atoms with E-state index in [2.05, 4.69) is 226 Å². The van der Waals surface area contributed by atoms with Gasteiger partial charge in [0.2, 0.25) is 0 Å². The van der Waals surface area contributed by atoms with Gasteiger partial charge in [-0.05, 0) is 159 Å². The summed E-state index contributed by atoms with van der Waals surface area (Å²) in [5.74, 6) is 1.39. The zero-order chi connectivity index (χ0) is 50.2. The maximum atomic E-state index is 7.02. The Morgan fingerprint density at radius 3 is 1.18 bits per heavy atom. The number of ether oxygens (including phenoxy) is 2. The van der Waals surface area contributed by atoms with E-state index in [1.165, 1.54) is 32.3 Å². The Balaban J connectivity index is 0.871. The number of hydrogen-bond donors (Lipinski definition) is 0. The van der Waals surface area contributed by atoms with Crippen molar-refractivity contribution in [3.63, 3.8) is 0 Å². The van der Waals surface area contributed by atoms with E-state index < -0.39 is 11.2 Å². The van der Waals surface area contributed by atoms with Gasteiger partial charge in [0.05, 0.1) is 17.1 Å². The number of nitrogens with zero attached hydrogens (tertiary/aromatic N) is 3. The van der Waals surface area contributed by atoms with E-state index in [4.69, 9.17) is 14.5 Å². The van der Waals surface area contributed by atoms with Crippen molar-refractivity contribution in [2.75, 3.05) is 0 Å². The van der Waals surface area contributed by atoms with E-state index in [1.54, 1.807) is 0 Å². The summed E-state index contributed by atoms with van der Waals surface area (Å²) in [6, 6.07) is 81.0. The molecule has 0 atom stereocenters. The van der Waals surface area contributed by atoms with Crippen LogP contribution in [0.5, 0.6) is 11.5 Å². The number of benzene rings is 9. The molecule has 0 unspecified atom stereocenters. The lowest BCUT2D eigenvalue weighted by atomic mass is 9.92. The van der Waals surface area contributed by atoms with Gasteiger partial charge in [0.15, 0.2) is 0 Å². The van der Waals surface area contributed by atoms with Crippen molar-refractivity contribution in [1.29, 1.82) is 0 Å². The lowest BCUT2D eigenvalue weighted by Crippen LogP contribution is -2.26. The molecule has 9 aromatic carbocycles. The molecule has 0 aliphatic heterocycles. The van der Waals surface area contributed by atoms with E-state index in [1.807, 2.05) is 61.1 Å². The first-order chi connectivity index (χ1) is 36.1. The van der Waals surface area contributed by atoms with Gasteiger partial charge >= 0.3 is 0 Å². The maximum Gasteiger partial charge on any atom is 0.128 e. The molecule has 12 rings (SSSR count). The molecule has 5 heteroatoms. The fourth-order valence-corrected chi connectivity index (χ4v) is 10.4. The highest BCUT2D eigenvalue weighted by molar-refractivity contribution is 6.25. The number of pyridine rings is 3. The molecule has 0 aliphatic rings. The second kappa shape index (κ2) is 19.1. The number of aromatic nitrogens is 3. The second-order valence-electron chi connectivity index (χ2n) is 19.9. The number of rotatable bonds is 12. The highest BCUT2D eigenvalue weighted by Crippen LogP contribution is 2.42. The minimum absolute atomic E-state index is 0.687. The largest absolute Gasteiger partial charge is 0.483 e. The molecule has 0 radical (unpaired) electrons. The first kappa shape index (κ1) is 45.9. The van der Waals surface area contributed by atoms with Crippen molar-refractivity contribution in [2.45, 2.75) is 38.9 Å². The average Bonchev–Trinajstić information content (AvgIpc) is 3.46. The smallest absolute Gasteiger partial charge is 0.128 e. The van der Waals surface area contributed by atoms with E-state index >= 15 is 0 Å². The van der Waals surface area contributed by atoms with Gasteiger partial charge in [-0.3, -0.25) is 15.0 Å². The Labute approximate surface area is 432 Å². The van der Waals surface area contributed by atoms with Crippen molar-refractivity contribution in [2.24, 2.45) is 0 Å². The quantitative estimate of drug-likeness (QED) is 0.114. The third-order valence-electron chi connectivity index (χ3n) is 14.3. The lowest BCUT2D eigenvalue weighted by Gasteiger charge is -2.30. The summed E-state index contributed by atoms with van der Waals surface area (Å²) in [7, 11) is 0. The molecule has 0 aliphatic carbocycles. The fourth-order valence-electron chi connectivity index (χ4n) is 10.4. The summed E-state index contributed by atoms with van der Waals surface area (Å²) >= 11 is 0. The molecular weight excluding hydrogens is 903 g/mol. The third kappa shape index (κ3) is 9.05. The van der Waals surface area contributed by atoms with E-state index in [9.17, 15) is 0 Å². The van der Waals surface area contributed by atoms with Crippen LogP contribution >= 0.6 is 0 Å². The molecule has 0 N–H and O–H groups in total. The van der Waals surface area contributed by atoms with Gasteiger partial charge in [0, 0.05) is 41.3 Å². The molecule has 0 fully saturated rings. The monoisotopic (exact) mass is 955 g/mol. The van der Waals surface area contributed by atoms with Gasteiger partial charge in [0.25, 0.3) is 0 Å². The topological polar surface area (TPSA) is 57.1 Å². The zero-order valence-corrected chi connectivity index (χ0v) is 41.8. The lowest BCUT2D eigenvalue weighted by molar-refractivity contribution is 0.0992. The van der Waals surface area contributed by atoms with Crippen molar-refractivity contribution < 1.29 is 9.47 Å². The van der Waals surface area contributed by atoms with Crippen LogP contribution in [0, 0.1) is 0 Å². The SMILES string of the molecule is CC(C)(Oc1cc(OC(C)(C)c2ccc(-c3ccccn3)cc2)cc(-c2ccccc2-c2ccc(-c3cc(-c4ccc5c6ccccc6c6ccccc6c5c4)ccn3)cc2)c1)c1ccc(-c2ccccn2)cc1. The van der Waals surface area contributed by atoms with E-state index in [-0.39, 0.29) is 0 Å². The average molecular weight is 956 g/mol. The Kier molecular flexibility index (Phi) is 11.9. The summed E-state index contributed by atoms with van der Waals surface area (Å²) in [5.41, 5.74) is 13.1. The Morgan fingerprint density at radius 2 is 0.662 bits per heavy atom. The van der Waals surface area contributed by atoms with Crippen LogP contribution in [0.15, 0.2) is 249 Å². The molecule has 0 bridgehead atoms. The van der Waals surface area contributed by atoms with Crippen LogP contribution in [0.4, 0.5) is 0 Å². The van der Waals surface area contributed by atoms with Crippen LogP contribution in [-0.4, -0.2) is 15.0 Å². The van der Waals surface area contributed by atoms with Crippen LogP contribution in [-0.2, 0) is 11.2 Å². The van der Waals surface area contributed by atoms with E-state index in [0.29, 0.717) is 11.5 Å². The van der Waals surface area contributed by atoms with Gasteiger partial charge in [0.1, 0.15) is 22.7 Å². The second-order valence-corrected chi connectivity index (χ2v) is 19.9. The van der Waals surface area contributed by atoms with Crippen LogP contribution in [0.2, 0.25) is 0 Å². The molecule has 3 aromatic heterocycles. The molecule has 0 spiro atoms. The van der Waals surface area contributed by atoms with Crippen LogP contribution in [0.1, 0.15) is 38.8 Å².